The fourth-order valence-electron chi connectivity index (χ4n) is 2.88. The summed E-state index contributed by atoms with van der Waals surface area (Å²) in [5.41, 5.74) is 2.00. The zero-order valence-electron chi connectivity index (χ0n) is 14.1. The Hall–Kier alpha value is -3.15. The molecule has 0 aliphatic heterocycles. The number of aryl methyl sites for hydroxylation is 2. The van der Waals surface area contributed by atoms with E-state index in [0.717, 1.165) is 17.7 Å². The zero-order chi connectivity index (χ0) is 18.0. The molecular formula is C19H19N3O3. The number of benzene rings is 2. The summed E-state index contributed by atoms with van der Waals surface area (Å²) in [5.74, 6) is -0.266. The lowest BCUT2D eigenvalue weighted by molar-refractivity contribution is 0.102. The minimum atomic E-state index is -0.691. The van der Waals surface area contributed by atoms with Crippen LogP contribution >= 0.6 is 0 Å². The largest absolute Gasteiger partial charge is 0.322 e. The number of anilines is 1. The third-order valence-corrected chi connectivity index (χ3v) is 4.20. The van der Waals surface area contributed by atoms with Gasteiger partial charge in [0, 0.05) is 17.8 Å². The summed E-state index contributed by atoms with van der Waals surface area (Å²) in [6.07, 6.45) is 0.810. The molecule has 0 unspecified atom stereocenters. The van der Waals surface area contributed by atoms with Crippen molar-refractivity contribution in [2.75, 3.05) is 5.32 Å². The number of H-pyrrole nitrogens is 1. The Kier molecular flexibility index (Phi) is 4.52. The van der Waals surface area contributed by atoms with E-state index in [1.165, 1.54) is 4.57 Å². The number of hydrogen-bond donors (Lipinski definition) is 2. The van der Waals surface area contributed by atoms with E-state index in [1.54, 1.807) is 25.1 Å². The third-order valence-electron chi connectivity index (χ3n) is 4.20. The van der Waals surface area contributed by atoms with Gasteiger partial charge in [-0.15, -0.1) is 0 Å². The van der Waals surface area contributed by atoms with Gasteiger partial charge in [-0.25, -0.2) is 0 Å². The van der Waals surface area contributed by atoms with Crippen LogP contribution in [0.3, 0.4) is 0 Å². The Labute approximate surface area is 144 Å². The molecular weight excluding hydrogens is 318 g/mol. The number of nitrogens with zero attached hydrogens (tertiary/aromatic N) is 1. The number of hydrogen-bond acceptors (Lipinski definition) is 3. The number of amides is 1. The molecule has 0 spiro atoms. The van der Waals surface area contributed by atoms with Crippen molar-refractivity contribution >= 4 is 22.6 Å². The number of carbonyl (C=O) groups excluding carboxylic acids is 1. The first kappa shape index (κ1) is 16.7. The van der Waals surface area contributed by atoms with Crippen molar-refractivity contribution in [3.63, 3.8) is 0 Å². The molecule has 0 fully saturated rings. The molecule has 25 heavy (non-hydrogen) atoms. The van der Waals surface area contributed by atoms with E-state index in [2.05, 4.69) is 10.3 Å². The lowest BCUT2D eigenvalue weighted by Gasteiger charge is -2.11. The number of para-hydroxylation sites is 1. The molecule has 3 rings (SSSR count). The zero-order valence-corrected chi connectivity index (χ0v) is 14.1. The molecule has 0 saturated heterocycles. The van der Waals surface area contributed by atoms with Gasteiger partial charge in [-0.3, -0.25) is 14.4 Å². The van der Waals surface area contributed by atoms with E-state index in [4.69, 9.17) is 0 Å². The summed E-state index contributed by atoms with van der Waals surface area (Å²) in [6.45, 7) is 4.20. The Balaban J connectivity index is 2.02. The number of fused-ring (bicyclic) bond motifs is 1. The van der Waals surface area contributed by atoms with Crippen LogP contribution in [0.1, 0.15) is 29.8 Å². The van der Waals surface area contributed by atoms with E-state index in [-0.39, 0.29) is 5.91 Å². The molecule has 1 amide bonds. The highest BCUT2D eigenvalue weighted by Gasteiger charge is 2.12. The Bertz CT molecular complexity index is 1060. The smallest absolute Gasteiger partial charge is 0.316 e. The molecule has 2 N–H and O–H groups in total. The molecule has 0 atom stereocenters. The number of carbonyl (C=O) groups is 1. The van der Waals surface area contributed by atoms with Crippen LogP contribution in [-0.4, -0.2) is 15.5 Å². The predicted molar refractivity (Wildman–Crippen MR) is 98.3 cm³/mol. The maximum absolute atomic E-state index is 12.6. The highest BCUT2D eigenvalue weighted by molar-refractivity contribution is 6.06. The highest BCUT2D eigenvalue weighted by Crippen LogP contribution is 2.18. The van der Waals surface area contributed by atoms with Crippen LogP contribution in [0.2, 0.25) is 0 Å². The van der Waals surface area contributed by atoms with Crippen molar-refractivity contribution in [2.24, 2.45) is 0 Å². The monoisotopic (exact) mass is 337 g/mol. The predicted octanol–water partition coefficient (Wildman–Crippen LogP) is 2.52. The minimum absolute atomic E-state index is 0.266. The van der Waals surface area contributed by atoms with Gasteiger partial charge in [-0.1, -0.05) is 25.1 Å². The van der Waals surface area contributed by atoms with E-state index < -0.39 is 11.1 Å². The van der Waals surface area contributed by atoms with Crippen molar-refractivity contribution in [1.82, 2.24) is 9.55 Å². The van der Waals surface area contributed by atoms with Gasteiger partial charge in [0.1, 0.15) is 0 Å². The molecule has 0 aliphatic carbocycles. The quantitative estimate of drug-likeness (QED) is 0.718. The van der Waals surface area contributed by atoms with Crippen molar-refractivity contribution in [2.45, 2.75) is 26.8 Å². The molecule has 0 saturated carbocycles. The molecule has 2 aromatic carbocycles. The van der Waals surface area contributed by atoms with Crippen molar-refractivity contribution < 1.29 is 4.79 Å². The molecule has 0 radical (unpaired) electrons. The van der Waals surface area contributed by atoms with Gasteiger partial charge < -0.3 is 14.9 Å². The van der Waals surface area contributed by atoms with Crippen molar-refractivity contribution in [1.29, 1.82) is 0 Å². The van der Waals surface area contributed by atoms with Gasteiger partial charge in [0.15, 0.2) is 0 Å². The van der Waals surface area contributed by atoms with Gasteiger partial charge in [0.25, 0.3) is 5.91 Å². The van der Waals surface area contributed by atoms with Gasteiger partial charge in [-0.05, 0) is 43.2 Å². The fourth-order valence-corrected chi connectivity index (χ4v) is 2.88. The summed E-state index contributed by atoms with van der Waals surface area (Å²) in [4.78, 5) is 38.8. The molecule has 6 heteroatoms. The number of nitrogens with one attached hydrogen (secondary N) is 2. The summed E-state index contributed by atoms with van der Waals surface area (Å²) in [5, 5.41) is 2.90. The maximum atomic E-state index is 12.6. The minimum Gasteiger partial charge on any atom is -0.322 e. The van der Waals surface area contributed by atoms with E-state index in [9.17, 15) is 14.4 Å². The Morgan fingerprint density at radius 3 is 2.60 bits per heavy atom. The fraction of sp³-hybridized carbons (Fsp3) is 0.211. The number of aromatic nitrogens is 2. The summed E-state index contributed by atoms with van der Waals surface area (Å²) in [7, 11) is 0. The first-order chi connectivity index (χ1) is 12.0. The standard InChI is InChI=1S/C19H19N3O3/c1-3-12-7-5-6-8-14(12)20-17(23)13-9-10-16-15(11-13)21-18(24)19(25)22(16)4-2/h5-11H,3-4H2,1-2H3,(H,20,23)(H,21,24). The Morgan fingerprint density at radius 1 is 1.12 bits per heavy atom. The lowest BCUT2D eigenvalue weighted by Crippen LogP contribution is -2.36. The van der Waals surface area contributed by atoms with Crippen molar-refractivity contribution in [3.8, 4) is 0 Å². The first-order valence-electron chi connectivity index (χ1n) is 8.21. The second kappa shape index (κ2) is 6.76. The van der Waals surface area contributed by atoms with Crippen molar-refractivity contribution in [3.05, 3.63) is 74.3 Å². The van der Waals surface area contributed by atoms with E-state index in [0.29, 0.717) is 23.1 Å². The van der Waals surface area contributed by atoms with Crippen LogP contribution < -0.4 is 16.4 Å². The average Bonchev–Trinajstić information content (AvgIpc) is 2.63. The molecule has 128 valence electrons. The van der Waals surface area contributed by atoms with Crippen LogP contribution in [-0.2, 0) is 13.0 Å². The van der Waals surface area contributed by atoms with Gasteiger partial charge in [0.05, 0.1) is 11.0 Å². The van der Waals surface area contributed by atoms with Gasteiger partial charge in [0.2, 0.25) is 0 Å². The third kappa shape index (κ3) is 3.10. The van der Waals surface area contributed by atoms with Gasteiger partial charge >= 0.3 is 11.1 Å². The second-order valence-electron chi connectivity index (χ2n) is 5.70. The SMILES string of the molecule is CCc1ccccc1NC(=O)c1ccc2c(c1)[nH]c(=O)c(=O)n2CC. The van der Waals surface area contributed by atoms with Crippen LogP contribution in [0.5, 0.6) is 0 Å². The lowest BCUT2D eigenvalue weighted by atomic mass is 10.1. The molecule has 0 bridgehead atoms. The number of aromatic amines is 1. The normalized spacial score (nSPS) is 10.8. The van der Waals surface area contributed by atoms with E-state index >= 15 is 0 Å². The first-order valence-corrected chi connectivity index (χ1v) is 8.21. The number of rotatable bonds is 4. The van der Waals surface area contributed by atoms with Crippen LogP contribution in [0.4, 0.5) is 5.69 Å². The van der Waals surface area contributed by atoms with Crippen LogP contribution in [0.15, 0.2) is 52.1 Å². The maximum Gasteiger partial charge on any atom is 0.316 e. The second-order valence-corrected chi connectivity index (χ2v) is 5.70. The molecule has 3 aromatic rings. The molecule has 1 heterocycles. The Morgan fingerprint density at radius 2 is 1.88 bits per heavy atom. The molecule has 6 nitrogen and oxygen atoms in total. The van der Waals surface area contributed by atoms with Crippen LogP contribution in [0.25, 0.3) is 11.0 Å². The average molecular weight is 337 g/mol. The molecule has 1 aromatic heterocycles. The highest BCUT2D eigenvalue weighted by atomic mass is 16.2. The molecule has 0 aliphatic rings. The van der Waals surface area contributed by atoms with E-state index in [1.807, 2.05) is 31.2 Å². The topological polar surface area (TPSA) is 84.0 Å². The van der Waals surface area contributed by atoms with Gasteiger partial charge in [-0.2, -0.15) is 0 Å². The summed E-state index contributed by atoms with van der Waals surface area (Å²) < 4.78 is 1.39. The van der Waals surface area contributed by atoms with Crippen LogP contribution in [0, 0.1) is 0 Å². The summed E-state index contributed by atoms with van der Waals surface area (Å²) in [6, 6.07) is 12.5. The summed E-state index contributed by atoms with van der Waals surface area (Å²) >= 11 is 0.